The highest BCUT2D eigenvalue weighted by Gasteiger charge is 2.16. The molecule has 74 valence electrons. The summed E-state index contributed by atoms with van der Waals surface area (Å²) in [6.07, 6.45) is 0. The summed E-state index contributed by atoms with van der Waals surface area (Å²) in [5.74, 6) is 0.646. The summed E-state index contributed by atoms with van der Waals surface area (Å²) in [6.45, 7) is 8.39. The third kappa shape index (κ3) is 1.77. The highest BCUT2D eigenvalue weighted by atomic mass is 19.1. The lowest BCUT2D eigenvalue weighted by Gasteiger charge is -2.12. The molecule has 1 aromatic heterocycles. The van der Waals surface area contributed by atoms with E-state index >= 15 is 0 Å². The van der Waals surface area contributed by atoms with Crippen molar-refractivity contribution in [1.82, 2.24) is 4.57 Å². The minimum atomic E-state index is -0.132. The smallest absolute Gasteiger partial charge is 0.193 e. The van der Waals surface area contributed by atoms with Crippen molar-refractivity contribution >= 4 is 0 Å². The third-order valence-electron chi connectivity index (χ3n) is 2.42. The van der Waals surface area contributed by atoms with Crippen molar-refractivity contribution in [2.75, 3.05) is 0 Å². The van der Waals surface area contributed by atoms with Gasteiger partial charge in [-0.25, -0.2) is 0 Å². The average Bonchev–Trinajstić information content (AvgIpc) is 2.28. The van der Waals surface area contributed by atoms with Gasteiger partial charge in [0.05, 0.1) is 0 Å². The van der Waals surface area contributed by atoms with Crippen molar-refractivity contribution in [3.8, 4) is 0 Å². The fraction of sp³-hybridized carbons (Fsp3) is 0.636. The highest BCUT2D eigenvalue weighted by molar-refractivity contribution is 5.28. The zero-order valence-electron chi connectivity index (χ0n) is 9.06. The molecule has 0 aliphatic rings. The summed E-state index contributed by atoms with van der Waals surface area (Å²) < 4.78 is 14.9. The molecule has 0 saturated carbocycles. The van der Waals surface area contributed by atoms with Crippen molar-refractivity contribution in [2.45, 2.75) is 39.5 Å². The van der Waals surface area contributed by atoms with Crippen LogP contribution in [0.15, 0.2) is 6.07 Å². The van der Waals surface area contributed by atoms with E-state index in [0.717, 1.165) is 11.3 Å². The largest absolute Gasteiger partial charge is 0.325 e. The van der Waals surface area contributed by atoms with Crippen LogP contribution in [0.4, 0.5) is 4.39 Å². The van der Waals surface area contributed by atoms with Crippen LogP contribution in [0.2, 0.25) is 0 Å². The van der Waals surface area contributed by atoms with Crippen molar-refractivity contribution < 1.29 is 4.39 Å². The molecule has 0 N–H and O–H groups in total. The van der Waals surface area contributed by atoms with Crippen LogP contribution in [-0.2, 0) is 7.05 Å². The first-order valence-corrected chi connectivity index (χ1v) is 4.80. The minimum absolute atomic E-state index is 0.132. The summed E-state index contributed by atoms with van der Waals surface area (Å²) in [4.78, 5) is 0. The molecular formula is C11H18FN. The van der Waals surface area contributed by atoms with Gasteiger partial charge in [0.25, 0.3) is 0 Å². The van der Waals surface area contributed by atoms with Crippen LogP contribution in [-0.4, -0.2) is 4.57 Å². The quantitative estimate of drug-likeness (QED) is 0.662. The number of nitrogens with zero attached hydrogens (tertiary/aromatic N) is 1. The van der Waals surface area contributed by atoms with Crippen LogP contribution in [0.5, 0.6) is 0 Å². The molecule has 0 saturated heterocycles. The molecule has 0 aliphatic carbocycles. The first kappa shape index (κ1) is 10.3. The number of hydrogen-bond acceptors (Lipinski definition) is 0. The molecule has 0 radical (unpaired) electrons. The van der Waals surface area contributed by atoms with Gasteiger partial charge in [0.15, 0.2) is 5.95 Å². The van der Waals surface area contributed by atoms with Gasteiger partial charge in [-0.15, -0.1) is 0 Å². The zero-order chi connectivity index (χ0) is 10.2. The summed E-state index contributed by atoms with van der Waals surface area (Å²) >= 11 is 0. The van der Waals surface area contributed by atoms with Gasteiger partial charge in [-0.05, 0) is 23.5 Å². The Morgan fingerprint density at radius 1 is 1.15 bits per heavy atom. The third-order valence-corrected chi connectivity index (χ3v) is 2.42. The summed E-state index contributed by atoms with van der Waals surface area (Å²) in [7, 11) is 1.79. The molecule has 1 nitrogen and oxygen atoms in total. The first-order chi connectivity index (χ1) is 5.95. The molecule has 0 aliphatic heterocycles. The molecule has 0 fully saturated rings. The van der Waals surface area contributed by atoms with Gasteiger partial charge >= 0.3 is 0 Å². The van der Waals surface area contributed by atoms with Gasteiger partial charge in [0, 0.05) is 12.7 Å². The molecule has 0 atom stereocenters. The van der Waals surface area contributed by atoms with E-state index in [1.165, 1.54) is 0 Å². The molecule has 2 heteroatoms. The van der Waals surface area contributed by atoms with E-state index in [1.807, 2.05) is 0 Å². The Balaban J connectivity index is 3.27. The topological polar surface area (TPSA) is 4.93 Å². The Bertz CT molecular complexity index is 297. The van der Waals surface area contributed by atoms with E-state index in [1.54, 1.807) is 17.7 Å². The number of rotatable bonds is 2. The molecular weight excluding hydrogens is 165 g/mol. The summed E-state index contributed by atoms with van der Waals surface area (Å²) in [5.41, 5.74) is 2.25. The van der Waals surface area contributed by atoms with E-state index in [0.29, 0.717) is 11.8 Å². The normalized spacial score (nSPS) is 11.7. The predicted octanol–water partition coefficient (Wildman–Crippen LogP) is 3.41. The van der Waals surface area contributed by atoms with Gasteiger partial charge < -0.3 is 4.57 Å². The van der Waals surface area contributed by atoms with Crippen LogP contribution in [0, 0.1) is 5.95 Å². The van der Waals surface area contributed by atoms with Crippen LogP contribution in [0.3, 0.4) is 0 Å². The van der Waals surface area contributed by atoms with E-state index < -0.39 is 0 Å². The molecule has 0 aromatic carbocycles. The Morgan fingerprint density at radius 3 is 2.00 bits per heavy atom. The molecule has 1 rings (SSSR count). The number of halogens is 1. The zero-order valence-corrected chi connectivity index (χ0v) is 9.06. The Morgan fingerprint density at radius 2 is 1.69 bits per heavy atom. The lowest BCUT2D eigenvalue weighted by molar-refractivity contribution is 0.519. The Kier molecular flexibility index (Phi) is 2.79. The fourth-order valence-electron chi connectivity index (χ4n) is 1.79. The van der Waals surface area contributed by atoms with Gasteiger partial charge in [-0.2, -0.15) is 4.39 Å². The van der Waals surface area contributed by atoms with Crippen LogP contribution < -0.4 is 0 Å². The van der Waals surface area contributed by atoms with Crippen molar-refractivity contribution in [3.63, 3.8) is 0 Å². The molecule has 1 heterocycles. The van der Waals surface area contributed by atoms with E-state index in [4.69, 9.17) is 0 Å². The van der Waals surface area contributed by atoms with E-state index in [9.17, 15) is 4.39 Å². The number of aromatic nitrogens is 1. The molecule has 13 heavy (non-hydrogen) atoms. The second kappa shape index (κ2) is 3.52. The minimum Gasteiger partial charge on any atom is -0.325 e. The van der Waals surface area contributed by atoms with E-state index in [-0.39, 0.29) is 5.95 Å². The maximum atomic E-state index is 13.3. The molecule has 0 amide bonds. The SMILES string of the molecule is CC(C)c1cc(F)n(C)c1C(C)C. The average molecular weight is 183 g/mol. The van der Waals surface area contributed by atoms with Crippen molar-refractivity contribution in [1.29, 1.82) is 0 Å². The van der Waals surface area contributed by atoms with Gasteiger partial charge in [0.1, 0.15) is 0 Å². The molecule has 0 spiro atoms. The molecule has 0 bridgehead atoms. The molecule has 0 unspecified atom stereocenters. The maximum absolute atomic E-state index is 13.3. The number of hydrogen-bond donors (Lipinski definition) is 0. The summed E-state index contributed by atoms with van der Waals surface area (Å²) in [5, 5.41) is 0. The van der Waals surface area contributed by atoms with E-state index in [2.05, 4.69) is 27.7 Å². The van der Waals surface area contributed by atoms with Gasteiger partial charge in [0.2, 0.25) is 0 Å². The predicted molar refractivity (Wildman–Crippen MR) is 53.5 cm³/mol. The first-order valence-electron chi connectivity index (χ1n) is 4.80. The highest BCUT2D eigenvalue weighted by Crippen LogP contribution is 2.28. The van der Waals surface area contributed by atoms with Crippen LogP contribution >= 0.6 is 0 Å². The summed E-state index contributed by atoms with van der Waals surface area (Å²) in [6, 6.07) is 1.65. The Labute approximate surface area is 79.6 Å². The second-order valence-corrected chi connectivity index (χ2v) is 4.18. The standard InChI is InChI=1S/C11H18FN/c1-7(2)9-6-10(12)13(5)11(9)8(3)4/h6-8H,1-5H3. The fourth-order valence-corrected chi connectivity index (χ4v) is 1.79. The van der Waals surface area contributed by atoms with Crippen LogP contribution in [0.25, 0.3) is 0 Å². The monoisotopic (exact) mass is 183 g/mol. The Hall–Kier alpha value is -0.790. The lowest BCUT2D eigenvalue weighted by Crippen LogP contribution is -2.03. The van der Waals surface area contributed by atoms with Crippen molar-refractivity contribution in [2.24, 2.45) is 7.05 Å². The van der Waals surface area contributed by atoms with Gasteiger partial charge in [-0.3, -0.25) is 0 Å². The van der Waals surface area contributed by atoms with Crippen molar-refractivity contribution in [3.05, 3.63) is 23.3 Å². The van der Waals surface area contributed by atoms with Gasteiger partial charge in [-0.1, -0.05) is 27.7 Å². The van der Waals surface area contributed by atoms with Crippen LogP contribution in [0.1, 0.15) is 50.8 Å². The second-order valence-electron chi connectivity index (χ2n) is 4.18. The lowest BCUT2D eigenvalue weighted by atomic mass is 9.98. The molecule has 1 aromatic rings. The maximum Gasteiger partial charge on any atom is 0.193 e.